The summed E-state index contributed by atoms with van der Waals surface area (Å²) in [5.74, 6) is -0.142. The summed E-state index contributed by atoms with van der Waals surface area (Å²) in [7, 11) is 1.41. The number of carbonyl (C=O) groups is 2. The summed E-state index contributed by atoms with van der Waals surface area (Å²) >= 11 is 0. The summed E-state index contributed by atoms with van der Waals surface area (Å²) in [5, 5.41) is 0. The van der Waals surface area contributed by atoms with Gasteiger partial charge in [0.25, 0.3) is 0 Å². The van der Waals surface area contributed by atoms with E-state index in [-0.39, 0.29) is 30.2 Å². The van der Waals surface area contributed by atoms with Crippen molar-refractivity contribution in [3.8, 4) is 0 Å². The molecular formula is C14H25ClN2O3. The fourth-order valence-corrected chi connectivity index (χ4v) is 3.20. The van der Waals surface area contributed by atoms with E-state index in [0.717, 1.165) is 25.7 Å². The summed E-state index contributed by atoms with van der Waals surface area (Å²) in [6, 6.07) is 0. The maximum Gasteiger partial charge on any atom is 0.308 e. The molecule has 1 heterocycles. The van der Waals surface area contributed by atoms with Gasteiger partial charge in [-0.25, -0.2) is 0 Å². The highest BCUT2D eigenvalue weighted by Crippen LogP contribution is 2.29. The van der Waals surface area contributed by atoms with Crippen molar-refractivity contribution in [1.29, 1.82) is 0 Å². The molecule has 1 aliphatic carbocycles. The third-order valence-corrected chi connectivity index (χ3v) is 4.49. The molecule has 0 unspecified atom stereocenters. The molecule has 2 fully saturated rings. The topological polar surface area (TPSA) is 72.6 Å². The molecule has 1 amide bonds. The second-order valence-electron chi connectivity index (χ2n) is 5.81. The molecule has 116 valence electrons. The van der Waals surface area contributed by atoms with Crippen LogP contribution in [-0.2, 0) is 14.3 Å². The number of likely N-dealkylation sites (tertiary alicyclic amines) is 1. The van der Waals surface area contributed by atoms with Crippen LogP contribution in [0.1, 0.15) is 44.9 Å². The van der Waals surface area contributed by atoms with E-state index in [9.17, 15) is 9.59 Å². The summed E-state index contributed by atoms with van der Waals surface area (Å²) in [6.45, 7) is 1.25. The van der Waals surface area contributed by atoms with Gasteiger partial charge in [0.1, 0.15) is 0 Å². The van der Waals surface area contributed by atoms with E-state index in [1.54, 1.807) is 0 Å². The molecule has 0 bridgehead atoms. The van der Waals surface area contributed by atoms with Crippen LogP contribution in [0.3, 0.4) is 0 Å². The monoisotopic (exact) mass is 304 g/mol. The standard InChI is InChI=1S/C14H24N2O3.ClH/c1-19-12(17)11-5-9-16(10-6-11)13(18)14(15)7-3-2-4-8-14;/h11H,2-10,15H2,1H3;1H. The molecule has 0 spiro atoms. The van der Waals surface area contributed by atoms with Crippen molar-refractivity contribution in [3.05, 3.63) is 0 Å². The van der Waals surface area contributed by atoms with Crippen LogP contribution in [0.2, 0.25) is 0 Å². The molecule has 20 heavy (non-hydrogen) atoms. The van der Waals surface area contributed by atoms with E-state index < -0.39 is 5.54 Å². The van der Waals surface area contributed by atoms with Crippen LogP contribution in [0.5, 0.6) is 0 Å². The van der Waals surface area contributed by atoms with Crippen molar-refractivity contribution in [2.75, 3.05) is 20.2 Å². The highest BCUT2D eigenvalue weighted by atomic mass is 35.5. The van der Waals surface area contributed by atoms with Crippen molar-refractivity contribution in [2.45, 2.75) is 50.5 Å². The minimum Gasteiger partial charge on any atom is -0.469 e. The number of esters is 1. The number of hydrogen-bond acceptors (Lipinski definition) is 4. The Labute approximate surface area is 126 Å². The Hall–Kier alpha value is -0.810. The van der Waals surface area contributed by atoms with Crippen LogP contribution in [0.15, 0.2) is 0 Å². The number of hydrogen-bond donors (Lipinski definition) is 1. The van der Waals surface area contributed by atoms with Gasteiger partial charge in [0.15, 0.2) is 0 Å². The third-order valence-electron chi connectivity index (χ3n) is 4.49. The molecule has 2 rings (SSSR count). The largest absolute Gasteiger partial charge is 0.469 e. The molecule has 0 aromatic carbocycles. The number of halogens is 1. The Bertz CT molecular complexity index is 348. The van der Waals surface area contributed by atoms with Gasteiger partial charge in [-0.1, -0.05) is 19.3 Å². The Morgan fingerprint density at radius 2 is 1.70 bits per heavy atom. The Morgan fingerprint density at radius 1 is 1.15 bits per heavy atom. The number of rotatable bonds is 2. The molecule has 1 saturated heterocycles. The van der Waals surface area contributed by atoms with Crippen LogP contribution in [0, 0.1) is 5.92 Å². The predicted molar refractivity (Wildman–Crippen MR) is 78.6 cm³/mol. The highest BCUT2D eigenvalue weighted by Gasteiger charge is 2.40. The lowest BCUT2D eigenvalue weighted by atomic mass is 9.81. The number of nitrogens with zero attached hydrogens (tertiary/aromatic N) is 1. The quantitative estimate of drug-likeness (QED) is 0.784. The van der Waals surface area contributed by atoms with E-state index in [1.165, 1.54) is 13.5 Å². The van der Waals surface area contributed by atoms with Crippen LogP contribution >= 0.6 is 12.4 Å². The number of carbonyl (C=O) groups excluding carboxylic acids is 2. The molecule has 5 nitrogen and oxygen atoms in total. The second-order valence-corrected chi connectivity index (χ2v) is 5.81. The molecule has 0 aromatic rings. The number of nitrogens with two attached hydrogens (primary N) is 1. The normalized spacial score (nSPS) is 22.8. The van der Waals surface area contributed by atoms with Gasteiger partial charge < -0.3 is 15.4 Å². The average molecular weight is 305 g/mol. The fourth-order valence-electron chi connectivity index (χ4n) is 3.20. The summed E-state index contributed by atoms with van der Waals surface area (Å²) in [5.41, 5.74) is 5.61. The first-order valence-corrected chi connectivity index (χ1v) is 7.23. The van der Waals surface area contributed by atoms with Crippen molar-refractivity contribution in [3.63, 3.8) is 0 Å². The Kier molecular flexibility index (Phi) is 6.27. The average Bonchev–Trinajstić information content (AvgIpc) is 2.46. The van der Waals surface area contributed by atoms with Crippen molar-refractivity contribution < 1.29 is 14.3 Å². The zero-order chi connectivity index (χ0) is 13.9. The Balaban J connectivity index is 0.00000200. The number of methoxy groups -OCH3 is 1. The van der Waals surface area contributed by atoms with E-state index in [1.807, 2.05) is 4.90 Å². The zero-order valence-electron chi connectivity index (χ0n) is 12.1. The molecular weight excluding hydrogens is 280 g/mol. The molecule has 0 aromatic heterocycles. The number of piperidine rings is 1. The summed E-state index contributed by atoms with van der Waals surface area (Å²) in [6.07, 6.45) is 6.23. The fraction of sp³-hybridized carbons (Fsp3) is 0.857. The smallest absolute Gasteiger partial charge is 0.308 e. The molecule has 2 aliphatic rings. The first kappa shape index (κ1) is 17.2. The zero-order valence-corrected chi connectivity index (χ0v) is 12.9. The maximum absolute atomic E-state index is 12.5. The molecule has 0 atom stereocenters. The first-order valence-electron chi connectivity index (χ1n) is 7.23. The van der Waals surface area contributed by atoms with E-state index in [4.69, 9.17) is 10.5 Å². The van der Waals surface area contributed by atoms with Crippen molar-refractivity contribution in [1.82, 2.24) is 4.90 Å². The Morgan fingerprint density at radius 3 is 2.20 bits per heavy atom. The van der Waals surface area contributed by atoms with Gasteiger partial charge in [0.05, 0.1) is 18.6 Å². The minimum absolute atomic E-state index is 0. The molecule has 1 aliphatic heterocycles. The van der Waals surface area contributed by atoms with Crippen LogP contribution in [0.25, 0.3) is 0 Å². The molecule has 1 saturated carbocycles. The van der Waals surface area contributed by atoms with Gasteiger partial charge in [0, 0.05) is 13.1 Å². The van der Waals surface area contributed by atoms with Gasteiger partial charge in [-0.2, -0.15) is 0 Å². The highest BCUT2D eigenvalue weighted by molar-refractivity contribution is 5.86. The van der Waals surface area contributed by atoms with Crippen LogP contribution in [-0.4, -0.2) is 42.5 Å². The number of ether oxygens (including phenoxy) is 1. The van der Waals surface area contributed by atoms with Gasteiger partial charge >= 0.3 is 5.97 Å². The maximum atomic E-state index is 12.5. The minimum atomic E-state index is -0.656. The second kappa shape index (κ2) is 7.27. The van der Waals surface area contributed by atoms with Gasteiger partial charge in [-0.05, 0) is 25.7 Å². The van der Waals surface area contributed by atoms with E-state index in [0.29, 0.717) is 25.9 Å². The lowest BCUT2D eigenvalue weighted by molar-refractivity contribution is -0.150. The van der Waals surface area contributed by atoms with Crippen LogP contribution in [0.4, 0.5) is 0 Å². The van der Waals surface area contributed by atoms with Crippen molar-refractivity contribution >= 4 is 24.3 Å². The van der Waals surface area contributed by atoms with Crippen LogP contribution < -0.4 is 5.73 Å². The lowest BCUT2D eigenvalue weighted by Crippen LogP contribution is -2.57. The lowest BCUT2D eigenvalue weighted by Gasteiger charge is -2.39. The molecule has 6 heteroatoms. The van der Waals surface area contributed by atoms with Gasteiger partial charge in [-0.15, -0.1) is 12.4 Å². The van der Waals surface area contributed by atoms with Crippen molar-refractivity contribution in [2.24, 2.45) is 11.7 Å². The van der Waals surface area contributed by atoms with Gasteiger partial charge in [-0.3, -0.25) is 9.59 Å². The molecule has 0 radical (unpaired) electrons. The number of amides is 1. The van der Waals surface area contributed by atoms with Gasteiger partial charge in [0.2, 0.25) is 5.91 Å². The SMILES string of the molecule is COC(=O)C1CCN(C(=O)C2(N)CCCCC2)CC1.Cl. The first-order chi connectivity index (χ1) is 9.07. The third kappa shape index (κ3) is 3.64. The molecule has 2 N–H and O–H groups in total. The summed E-state index contributed by atoms with van der Waals surface area (Å²) < 4.78 is 4.75. The van der Waals surface area contributed by atoms with E-state index in [2.05, 4.69) is 0 Å². The summed E-state index contributed by atoms with van der Waals surface area (Å²) in [4.78, 5) is 25.8. The van der Waals surface area contributed by atoms with E-state index >= 15 is 0 Å². The predicted octanol–water partition coefficient (Wildman–Crippen LogP) is 1.48.